The summed E-state index contributed by atoms with van der Waals surface area (Å²) in [5.41, 5.74) is 0.818. The average molecular weight is 376 g/mol. The number of fused-ring (bicyclic) bond motifs is 1. The summed E-state index contributed by atoms with van der Waals surface area (Å²) in [5.74, 6) is 0.103. The molecule has 1 amide bonds. The Bertz CT molecular complexity index is 448. The number of nitrogens with one attached hydrogen (secondary N) is 1. The van der Waals surface area contributed by atoms with Gasteiger partial charge in [0.2, 0.25) is 0 Å². The van der Waals surface area contributed by atoms with Crippen LogP contribution in [0.1, 0.15) is 36.0 Å². The Morgan fingerprint density at radius 2 is 2.28 bits per heavy atom. The Balaban J connectivity index is 1.64. The van der Waals surface area contributed by atoms with Gasteiger partial charge in [-0.2, -0.15) is 0 Å². The molecule has 2 unspecified atom stereocenters. The van der Waals surface area contributed by atoms with Gasteiger partial charge >= 0.3 is 0 Å². The first-order valence-electron chi connectivity index (χ1n) is 6.53. The van der Waals surface area contributed by atoms with Crippen LogP contribution in [0.2, 0.25) is 0 Å². The van der Waals surface area contributed by atoms with Crippen molar-refractivity contribution in [2.24, 2.45) is 0 Å². The zero-order valence-electron chi connectivity index (χ0n) is 10.2. The number of carbonyl (C=O) groups excluding carboxylic acids is 1. The lowest BCUT2D eigenvalue weighted by molar-refractivity contribution is 0.0916. The van der Waals surface area contributed by atoms with Crippen molar-refractivity contribution in [3.63, 3.8) is 0 Å². The van der Waals surface area contributed by atoms with Crippen LogP contribution in [0.3, 0.4) is 0 Å². The molecular formula is C13H17IN2OS. The normalized spacial score (nSPS) is 28.1. The van der Waals surface area contributed by atoms with Crippen LogP contribution in [-0.4, -0.2) is 36.0 Å². The van der Waals surface area contributed by atoms with Crippen molar-refractivity contribution in [2.75, 3.05) is 13.1 Å². The molecule has 3 heterocycles. The van der Waals surface area contributed by atoms with Crippen LogP contribution < -0.4 is 5.32 Å². The number of hydrogen-bond donors (Lipinski definition) is 1. The van der Waals surface area contributed by atoms with E-state index in [0.717, 1.165) is 18.5 Å². The maximum Gasteiger partial charge on any atom is 0.252 e. The SMILES string of the molecule is O=C(NC1CCN2CCCCC12)c1csc(I)c1. The number of hydrogen-bond acceptors (Lipinski definition) is 3. The van der Waals surface area contributed by atoms with Gasteiger partial charge in [-0.15, -0.1) is 11.3 Å². The number of amides is 1. The molecular weight excluding hydrogens is 359 g/mol. The zero-order valence-corrected chi connectivity index (χ0v) is 13.2. The highest BCUT2D eigenvalue weighted by molar-refractivity contribution is 14.1. The number of rotatable bonds is 2. The van der Waals surface area contributed by atoms with Gasteiger partial charge in [0.05, 0.1) is 8.45 Å². The predicted octanol–water partition coefficient (Wildman–Crippen LogP) is 2.71. The molecule has 2 aliphatic heterocycles. The van der Waals surface area contributed by atoms with E-state index < -0.39 is 0 Å². The van der Waals surface area contributed by atoms with Crippen LogP contribution in [-0.2, 0) is 0 Å². The third-order valence-corrected chi connectivity index (χ3v) is 5.79. The first-order chi connectivity index (χ1) is 8.74. The largest absolute Gasteiger partial charge is 0.348 e. The zero-order chi connectivity index (χ0) is 12.5. The van der Waals surface area contributed by atoms with Gasteiger partial charge in [-0.1, -0.05) is 6.42 Å². The molecule has 1 aromatic heterocycles. The topological polar surface area (TPSA) is 32.3 Å². The maximum absolute atomic E-state index is 12.2. The van der Waals surface area contributed by atoms with E-state index in [4.69, 9.17) is 0 Å². The Morgan fingerprint density at radius 1 is 1.39 bits per heavy atom. The third-order valence-electron chi connectivity index (χ3n) is 4.00. The van der Waals surface area contributed by atoms with E-state index in [1.54, 1.807) is 11.3 Å². The number of nitrogens with zero attached hydrogens (tertiary/aromatic N) is 1. The van der Waals surface area contributed by atoms with E-state index in [1.807, 2.05) is 11.4 Å². The summed E-state index contributed by atoms with van der Waals surface area (Å²) < 4.78 is 1.17. The van der Waals surface area contributed by atoms with E-state index in [0.29, 0.717) is 12.1 Å². The van der Waals surface area contributed by atoms with E-state index in [9.17, 15) is 4.79 Å². The highest BCUT2D eigenvalue weighted by Crippen LogP contribution is 2.27. The highest BCUT2D eigenvalue weighted by Gasteiger charge is 2.36. The fourth-order valence-corrected chi connectivity index (χ4v) is 4.42. The molecule has 98 valence electrons. The lowest BCUT2D eigenvalue weighted by atomic mass is 9.99. The lowest BCUT2D eigenvalue weighted by Crippen LogP contribution is -2.46. The molecule has 2 aliphatic rings. The molecule has 3 rings (SSSR count). The fraction of sp³-hybridized carbons (Fsp3) is 0.615. The van der Waals surface area contributed by atoms with Crippen molar-refractivity contribution >= 4 is 39.8 Å². The molecule has 1 N–H and O–H groups in total. The molecule has 0 aliphatic carbocycles. The van der Waals surface area contributed by atoms with Crippen LogP contribution in [0.5, 0.6) is 0 Å². The van der Waals surface area contributed by atoms with Gasteiger partial charge in [0.15, 0.2) is 0 Å². The van der Waals surface area contributed by atoms with Crippen molar-refractivity contribution in [3.8, 4) is 0 Å². The third kappa shape index (κ3) is 2.58. The predicted molar refractivity (Wildman–Crippen MR) is 82.1 cm³/mol. The number of halogens is 1. The summed E-state index contributed by atoms with van der Waals surface area (Å²) in [4.78, 5) is 14.7. The molecule has 2 saturated heterocycles. The average Bonchev–Trinajstić information content (AvgIpc) is 2.97. The van der Waals surface area contributed by atoms with Gasteiger partial charge in [0.25, 0.3) is 5.91 Å². The van der Waals surface area contributed by atoms with E-state index >= 15 is 0 Å². The minimum atomic E-state index is 0.103. The molecule has 5 heteroatoms. The molecule has 2 atom stereocenters. The molecule has 0 saturated carbocycles. The van der Waals surface area contributed by atoms with Gasteiger partial charge < -0.3 is 5.32 Å². The van der Waals surface area contributed by atoms with Crippen molar-refractivity contribution in [3.05, 3.63) is 19.9 Å². The first-order valence-corrected chi connectivity index (χ1v) is 8.49. The molecule has 1 aromatic rings. The summed E-state index contributed by atoms with van der Waals surface area (Å²) in [6.45, 7) is 2.37. The lowest BCUT2D eigenvalue weighted by Gasteiger charge is -2.32. The minimum Gasteiger partial charge on any atom is -0.348 e. The molecule has 0 bridgehead atoms. The smallest absolute Gasteiger partial charge is 0.252 e. The Labute approximate surface area is 125 Å². The summed E-state index contributed by atoms with van der Waals surface area (Å²) in [5, 5.41) is 5.18. The molecule has 18 heavy (non-hydrogen) atoms. The van der Waals surface area contributed by atoms with Crippen LogP contribution in [0.4, 0.5) is 0 Å². The van der Waals surface area contributed by atoms with Crippen molar-refractivity contribution in [1.82, 2.24) is 10.2 Å². The van der Waals surface area contributed by atoms with Gasteiger partial charge in [-0.25, -0.2) is 0 Å². The van der Waals surface area contributed by atoms with Crippen LogP contribution >= 0.6 is 33.9 Å². The Kier molecular flexibility index (Phi) is 3.91. The van der Waals surface area contributed by atoms with E-state index in [1.165, 1.54) is 28.7 Å². The highest BCUT2D eigenvalue weighted by atomic mass is 127. The standard InChI is InChI=1S/C13H17IN2OS/c14-12-7-9(8-18-12)13(17)15-10-4-6-16-5-2-1-3-11(10)16/h7-8,10-11H,1-6H2,(H,15,17). The van der Waals surface area contributed by atoms with Gasteiger partial charge in [0, 0.05) is 24.0 Å². The second kappa shape index (κ2) is 5.46. The van der Waals surface area contributed by atoms with Crippen LogP contribution in [0, 0.1) is 2.88 Å². The van der Waals surface area contributed by atoms with Gasteiger partial charge in [-0.3, -0.25) is 9.69 Å². The fourth-order valence-electron chi connectivity index (χ4n) is 3.10. The van der Waals surface area contributed by atoms with Gasteiger partial charge in [0.1, 0.15) is 0 Å². The number of thiophene rings is 1. The minimum absolute atomic E-state index is 0.103. The Hall–Kier alpha value is -0.140. The maximum atomic E-state index is 12.2. The molecule has 0 spiro atoms. The number of carbonyl (C=O) groups is 1. The first kappa shape index (κ1) is 12.9. The summed E-state index contributed by atoms with van der Waals surface area (Å²) in [6, 6.07) is 2.91. The molecule has 3 nitrogen and oxygen atoms in total. The van der Waals surface area contributed by atoms with Crippen LogP contribution in [0.15, 0.2) is 11.4 Å². The number of piperidine rings is 1. The monoisotopic (exact) mass is 376 g/mol. The summed E-state index contributed by atoms with van der Waals surface area (Å²) in [7, 11) is 0. The van der Waals surface area contributed by atoms with Crippen molar-refractivity contribution in [1.29, 1.82) is 0 Å². The molecule has 0 aromatic carbocycles. The van der Waals surface area contributed by atoms with Crippen molar-refractivity contribution in [2.45, 2.75) is 37.8 Å². The van der Waals surface area contributed by atoms with E-state index in [-0.39, 0.29) is 5.91 Å². The second-order valence-electron chi connectivity index (χ2n) is 5.11. The quantitative estimate of drug-likeness (QED) is 0.806. The van der Waals surface area contributed by atoms with Gasteiger partial charge in [-0.05, 0) is 54.5 Å². The van der Waals surface area contributed by atoms with Crippen molar-refractivity contribution < 1.29 is 4.79 Å². The van der Waals surface area contributed by atoms with Crippen LogP contribution in [0.25, 0.3) is 0 Å². The molecule has 0 radical (unpaired) electrons. The second-order valence-corrected chi connectivity index (χ2v) is 7.91. The summed E-state index contributed by atoms with van der Waals surface area (Å²) in [6.07, 6.45) is 4.98. The summed E-state index contributed by atoms with van der Waals surface area (Å²) >= 11 is 3.89. The molecule has 2 fully saturated rings. The Morgan fingerprint density at radius 3 is 3.06 bits per heavy atom. The van der Waals surface area contributed by atoms with E-state index in [2.05, 4.69) is 32.8 Å².